The van der Waals surface area contributed by atoms with Crippen LogP contribution in [-0.2, 0) is 9.53 Å². The highest BCUT2D eigenvalue weighted by molar-refractivity contribution is 5.79. The van der Waals surface area contributed by atoms with E-state index in [1.54, 1.807) is 0 Å². The highest BCUT2D eigenvalue weighted by atomic mass is 19.4. The van der Waals surface area contributed by atoms with Crippen LogP contribution in [0.4, 0.5) is 13.2 Å². The molecule has 0 N–H and O–H groups in total. The number of hydrogen-bond acceptors (Lipinski definition) is 2. The zero-order valence-corrected chi connectivity index (χ0v) is 9.06. The summed E-state index contributed by atoms with van der Waals surface area (Å²) in [5, 5.41) is 0. The second-order valence-electron chi connectivity index (χ2n) is 3.88. The lowest BCUT2D eigenvalue weighted by molar-refractivity contribution is -0.152. The fourth-order valence-corrected chi connectivity index (χ4v) is 0.919. The lowest BCUT2D eigenvalue weighted by Crippen LogP contribution is -2.16. The van der Waals surface area contributed by atoms with Crippen LogP contribution in [0.3, 0.4) is 0 Å². The molecule has 0 aliphatic rings. The second kappa shape index (κ2) is 6.82. The number of ether oxygens (including phenoxy) is 1. The lowest BCUT2D eigenvalue weighted by atomic mass is 10.1. The number of alkyl halides is 3. The SMILES string of the molecule is CC(C)CCOCCC(=O)CC(F)(F)F. The standard InChI is InChI=1S/C10H17F3O2/c1-8(2)3-5-15-6-4-9(14)7-10(11,12)13/h8H,3-7H2,1-2H3. The van der Waals surface area contributed by atoms with Crippen molar-refractivity contribution in [3.8, 4) is 0 Å². The topological polar surface area (TPSA) is 26.3 Å². The fraction of sp³-hybridized carbons (Fsp3) is 0.900. The normalized spacial score (nSPS) is 12.1. The predicted octanol–water partition coefficient (Wildman–Crippen LogP) is 2.96. The van der Waals surface area contributed by atoms with Gasteiger partial charge in [-0.3, -0.25) is 4.79 Å². The van der Waals surface area contributed by atoms with E-state index >= 15 is 0 Å². The minimum Gasteiger partial charge on any atom is -0.381 e. The van der Waals surface area contributed by atoms with Crippen LogP contribution in [0.1, 0.15) is 33.1 Å². The molecule has 0 saturated heterocycles. The number of carbonyl (C=O) groups excluding carboxylic acids is 1. The molecule has 15 heavy (non-hydrogen) atoms. The molecule has 0 radical (unpaired) electrons. The van der Waals surface area contributed by atoms with Crippen molar-refractivity contribution in [2.75, 3.05) is 13.2 Å². The number of ketones is 1. The molecule has 0 saturated carbocycles. The fourth-order valence-electron chi connectivity index (χ4n) is 0.919. The Morgan fingerprint density at radius 2 is 1.87 bits per heavy atom. The van der Waals surface area contributed by atoms with Crippen molar-refractivity contribution < 1.29 is 22.7 Å². The van der Waals surface area contributed by atoms with E-state index in [2.05, 4.69) is 0 Å². The van der Waals surface area contributed by atoms with Gasteiger partial charge in [-0.05, 0) is 12.3 Å². The van der Waals surface area contributed by atoms with Crippen molar-refractivity contribution in [2.45, 2.75) is 39.3 Å². The molecule has 0 atom stereocenters. The minimum atomic E-state index is -4.39. The highest BCUT2D eigenvalue weighted by Crippen LogP contribution is 2.20. The van der Waals surface area contributed by atoms with Crippen LogP contribution in [0.2, 0.25) is 0 Å². The van der Waals surface area contributed by atoms with Gasteiger partial charge in [-0.15, -0.1) is 0 Å². The first-order chi connectivity index (χ1) is 6.81. The molecule has 2 nitrogen and oxygen atoms in total. The Kier molecular flexibility index (Phi) is 6.56. The summed E-state index contributed by atoms with van der Waals surface area (Å²) in [7, 11) is 0. The van der Waals surface area contributed by atoms with Gasteiger partial charge in [0.25, 0.3) is 0 Å². The molecular formula is C10H17F3O2. The summed E-state index contributed by atoms with van der Waals surface area (Å²) in [6, 6.07) is 0. The first kappa shape index (κ1) is 14.4. The molecule has 0 aromatic rings. The first-order valence-electron chi connectivity index (χ1n) is 4.97. The van der Waals surface area contributed by atoms with Gasteiger partial charge < -0.3 is 4.74 Å². The van der Waals surface area contributed by atoms with Gasteiger partial charge in [-0.2, -0.15) is 13.2 Å². The Morgan fingerprint density at radius 1 is 1.27 bits per heavy atom. The van der Waals surface area contributed by atoms with E-state index in [1.807, 2.05) is 13.8 Å². The average Bonchev–Trinajstić information content (AvgIpc) is 1.99. The molecule has 0 aliphatic heterocycles. The molecule has 0 heterocycles. The van der Waals surface area contributed by atoms with E-state index in [9.17, 15) is 18.0 Å². The van der Waals surface area contributed by atoms with Crippen molar-refractivity contribution in [2.24, 2.45) is 5.92 Å². The molecule has 0 rings (SSSR count). The lowest BCUT2D eigenvalue weighted by Gasteiger charge is -2.07. The van der Waals surface area contributed by atoms with Crippen molar-refractivity contribution in [1.82, 2.24) is 0 Å². The molecule has 0 spiro atoms. The van der Waals surface area contributed by atoms with E-state index in [4.69, 9.17) is 4.74 Å². The van der Waals surface area contributed by atoms with Crippen LogP contribution in [0, 0.1) is 5.92 Å². The van der Waals surface area contributed by atoms with Crippen molar-refractivity contribution in [3.63, 3.8) is 0 Å². The zero-order chi connectivity index (χ0) is 11.9. The Labute approximate surface area is 87.8 Å². The summed E-state index contributed by atoms with van der Waals surface area (Å²) in [5.74, 6) is -0.317. The zero-order valence-electron chi connectivity index (χ0n) is 9.06. The molecule has 5 heteroatoms. The Balaban J connectivity index is 3.40. The first-order valence-corrected chi connectivity index (χ1v) is 4.97. The molecule has 0 fully saturated rings. The molecule has 0 amide bonds. The van der Waals surface area contributed by atoms with Crippen molar-refractivity contribution >= 4 is 5.78 Å². The molecule has 0 aliphatic carbocycles. The van der Waals surface area contributed by atoms with E-state index in [0.29, 0.717) is 12.5 Å². The van der Waals surface area contributed by atoms with Gasteiger partial charge in [0.1, 0.15) is 12.2 Å². The molecule has 0 aromatic heterocycles. The monoisotopic (exact) mass is 226 g/mol. The molecule has 0 aromatic carbocycles. The van der Waals surface area contributed by atoms with Crippen molar-refractivity contribution in [3.05, 3.63) is 0 Å². The molecule has 0 unspecified atom stereocenters. The smallest absolute Gasteiger partial charge is 0.381 e. The summed E-state index contributed by atoms with van der Waals surface area (Å²) in [6.07, 6.45) is -5.04. The molecular weight excluding hydrogens is 209 g/mol. The van der Waals surface area contributed by atoms with Crippen LogP contribution >= 0.6 is 0 Å². The third kappa shape index (κ3) is 11.3. The largest absolute Gasteiger partial charge is 0.395 e. The molecule has 0 bridgehead atoms. The summed E-state index contributed by atoms with van der Waals surface area (Å²) in [4.78, 5) is 10.8. The third-order valence-corrected chi connectivity index (χ3v) is 1.76. The van der Waals surface area contributed by atoms with E-state index in [1.165, 1.54) is 0 Å². The number of rotatable bonds is 7. The van der Waals surface area contributed by atoms with Crippen LogP contribution in [0.5, 0.6) is 0 Å². The van der Waals surface area contributed by atoms with Crippen LogP contribution in [-0.4, -0.2) is 25.2 Å². The van der Waals surface area contributed by atoms with E-state index < -0.39 is 18.4 Å². The maximum absolute atomic E-state index is 11.7. The van der Waals surface area contributed by atoms with Gasteiger partial charge >= 0.3 is 6.18 Å². The summed E-state index contributed by atoms with van der Waals surface area (Å²) >= 11 is 0. The van der Waals surface area contributed by atoms with Gasteiger partial charge in [0.2, 0.25) is 0 Å². The van der Waals surface area contributed by atoms with Crippen LogP contribution in [0.25, 0.3) is 0 Å². The number of hydrogen-bond donors (Lipinski definition) is 0. The highest BCUT2D eigenvalue weighted by Gasteiger charge is 2.30. The van der Waals surface area contributed by atoms with Crippen molar-refractivity contribution in [1.29, 1.82) is 0 Å². The average molecular weight is 226 g/mol. The third-order valence-electron chi connectivity index (χ3n) is 1.76. The van der Waals surface area contributed by atoms with Gasteiger partial charge in [-0.1, -0.05) is 13.8 Å². The van der Waals surface area contributed by atoms with Gasteiger partial charge in [0.05, 0.1) is 6.61 Å². The van der Waals surface area contributed by atoms with Gasteiger partial charge in [0.15, 0.2) is 0 Å². The van der Waals surface area contributed by atoms with Gasteiger partial charge in [-0.25, -0.2) is 0 Å². The van der Waals surface area contributed by atoms with E-state index in [-0.39, 0.29) is 13.0 Å². The maximum atomic E-state index is 11.7. The number of carbonyl (C=O) groups is 1. The maximum Gasteiger partial charge on any atom is 0.395 e. The summed E-state index contributed by atoms with van der Waals surface area (Å²) in [6.45, 7) is 4.63. The number of Topliss-reactive ketones (excluding diaryl/α,β-unsaturated/α-hetero) is 1. The minimum absolute atomic E-state index is 0.0850. The molecule has 90 valence electrons. The Hall–Kier alpha value is -0.580. The van der Waals surface area contributed by atoms with E-state index in [0.717, 1.165) is 6.42 Å². The quantitative estimate of drug-likeness (QED) is 0.624. The summed E-state index contributed by atoms with van der Waals surface area (Å²) < 4.78 is 40.2. The Morgan fingerprint density at radius 3 is 2.33 bits per heavy atom. The second-order valence-corrected chi connectivity index (χ2v) is 3.88. The van der Waals surface area contributed by atoms with Gasteiger partial charge in [0, 0.05) is 13.0 Å². The summed E-state index contributed by atoms with van der Waals surface area (Å²) in [5.41, 5.74) is 0. The number of halogens is 3. The van der Waals surface area contributed by atoms with Crippen LogP contribution < -0.4 is 0 Å². The van der Waals surface area contributed by atoms with Crippen LogP contribution in [0.15, 0.2) is 0 Å². The Bertz CT molecular complexity index is 188. The predicted molar refractivity (Wildman–Crippen MR) is 50.6 cm³/mol.